The van der Waals surface area contributed by atoms with Gasteiger partial charge in [-0.1, -0.05) is 19.9 Å². The van der Waals surface area contributed by atoms with Gasteiger partial charge in [-0.25, -0.2) is 4.39 Å². The number of hydrogen-bond donors (Lipinski definition) is 2. The van der Waals surface area contributed by atoms with Gasteiger partial charge in [-0.3, -0.25) is 9.59 Å². The van der Waals surface area contributed by atoms with E-state index in [4.69, 9.17) is 0 Å². The molecule has 176 valence electrons. The third-order valence-electron chi connectivity index (χ3n) is 8.49. The minimum Gasteiger partial charge on any atom is -0.390 e. The van der Waals surface area contributed by atoms with E-state index in [1.54, 1.807) is 12.1 Å². The molecule has 0 unspecified atom stereocenters. The van der Waals surface area contributed by atoms with Gasteiger partial charge in [0.1, 0.15) is 5.82 Å². The largest absolute Gasteiger partial charge is 0.390 e. The maximum Gasteiger partial charge on any atom is 0.251 e. The number of likely N-dealkylation sites (tertiary alicyclic amines) is 1. The standard InChI is InChI=1S/C26H37FN2O3/c1-24(2)17-21(28-23(31)18-7-6-8-19(27)15-18)26(12-11-25(3,32)16-20(24)26)10-9-22(30)29-13-4-5-14-29/h6-8,15,20-21,32H,4-5,9-14,16-17H2,1-3H3,(H,28,31)/t20-,21-,25+,26+/m0/s1. The predicted octanol–water partition coefficient (Wildman–Crippen LogP) is 4.29. The molecule has 0 bridgehead atoms. The zero-order valence-electron chi connectivity index (χ0n) is 19.6. The maximum absolute atomic E-state index is 13.7. The van der Waals surface area contributed by atoms with Crippen LogP contribution in [0, 0.1) is 22.6 Å². The van der Waals surface area contributed by atoms with E-state index in [2.05, 4.69) is 19.2 Å². The Labute approximate surface area is 190 Å². The van der Waals surface area contributed by atoms with Crippen LogP contribution in [0.4, 0.5) is 4.39 Å². The molecule has 3 aliphatic rings. The van der Waals surface area contributed by atoms with E-state index >= 15 is 0 Å². The number of fused-ring (bicyclic) bond motifs is 1. The van der Waals surface area contributed by atoms with E-state index in [-0.39, 0.29) is 34.6 Å². The van der Waals surface area contributed by atoms with E-state index in [1.807, 2.05) is 11.8 Å². The first-order chi connectivity index (χ1) is 15.0. The van der Waals surface area contributed by atoms with E-state index in [1.165, 1.54) is 12.1 Å². The number of carbonyl (C=O) groups is 2. The SMILES string of the molecule is CC1(C)C[C@H](NC(=O)c2cccc(F)c2)[C@]2(CCC(=O)N3CCCC3)CC[C@@](C)(O)C[C@@H]12. The van der Waals surface area contributed by atoms with Crippen molar-refractivity contribution in [1.82, 2.24) is 10.2 Å². The van der Waals surface area contributed by atoms with Crippen LogP contribution >= 0.6 is 0 Å². The van der Waals surface area contributed by atoms with Crippen molar-refractivity contribution >= 4 is 11.8 Å². The van der Waals surface area contributed by atoms with Crippen molar-refractivity contribution in [2.24, 2.45) is 16.7 Å². The molecule has 1 aliphatic heterocycles. The highest BCUT2D eigenvalue weighted by Crippen LogP contribution is 2.63. The molecule has 1 saturated heterocycles. The highest BCUT2D eigenvalue weighted by molar-refractivity contribution is 5.94. The highest BCUT2D eigenvalue weighted by Gasteiger charge is 2.61. The summed E-state index contributed by atoms with van der Waals surface area (Å²) in [6, 6.07) is 5.67. The van der Waals surface area contributed by atoms with Crippen LogP contribution in [0.15, 0.2) is 24.3 Å². The van der Waals surface area contributed by atoms with Crippen LogP contribution in [0.1, 0.15) is 82.5 Å². The number of halogens is 1. The summed E-state index contributed by atoms with van der Waals surface area (Å²) in [5.41, 5.74) is -0.742. The number of nitrogens with zero attached hydrogens (tertiary/aromatic N) is 1. The van der Waals surface area contributed by atoms with Gasteiger partial charge in [-0.2, -0.15) is 0 Å². The van der Waals surface area contributed by atoms with Gasteiger partial charge in [0.05, 0.1) is 5.60 Å². The van der Waals surface area contributed by atoms with Crippen molar-refractivity contribution in [1.29, 1.82) is 0 Å². The van der Waals surface area contributed by atoms with Crippen molar-refractivity contribution in [3.05, 3.63) is 35.6 Å². The lowest BCUT2D eigenvalue weighted by molar-refractivity contribution is -0.132. The number of aliphatic hydroxyl groups is 1. The van der Waals surface area contributed by atoms with Crippen molar-refractivity contribution in [3.8, 4) is 0 Å². The summed E-state index contributed by atoms with van der Waals surface area (Å²) in [6.45, 7) is 8.01. The molecule has 5 nitrogen and oxygen atoms in total. The van der Waals surface area contributed by atoms with Gasteiger partial charge >= 0.3 is 0 Å². The van der Waals surface area contributed by atoms with Gasteiger partial charge in [0.15, 0.2) is 0 Å². The maximum atomic E-state index is 13.7. The number of benzene rings is 1. The normalized spacial score (nSPS) is 33.7. The lowest BCUT2D eigenvalue weighted by Gasteiger charge is -2.51. The van der Waals surface area contributed by atoms with Gasteiger partial charge < -0.3 is 15.3 Å². The Kier molecular flexibility index (Phi) is 6.12. The molecule has 1 heterocycles. The topological polar surface area (TPSA) is 69.6 Å². The van der Waals surface area contributed by atoms with Crippen LogP contribution in [-0.4, -0.2) is 46.6 Å². The second-order valence-electron chi connectivity index (χ2n) is 11.3. The van der Waals surface area contributed by atoms with Crippen LogP contribution in [0.5, 0.6) is 0 Å². The molecule has 1 aromatic carbocycles. The molecule has 4 rings (SSSR count). The quantitative estimate of drug-likeness (QED) is 0.712. The zero-order chi connectivity index (χ0) is 23.1. The van der Waals surface area contributed by atoms with E-state index in [0.717, 1.165) is 38.8 Å². The molecular formula is C26H37FN2O3. The molecule has 32 heavy (non-hydrogen) atoms. The third-order valence-corrected chi connectivity index (χ3v) is 8.49. The first-order valence-corrected chi connectivity index (χ1v) is 12.1. The van der Waals surface area contributed by atoms with Crippen LogP contribution in [-0.2, 0) is 4.79 Å². The lowest BCUT2D eigenvalue weighted by Crippen LogP contribution is -2.52. The Hall–Kier alpha value is -1.95. The summed E-state index contributed by atoms with van der Waals surface area (Å²) in [6.07, 6.45) is 6.21. The summed E-state index contributed by atoms with van der Waals surface area (Å²) in [7, 11) is 0. The van der Waals surface area contributed by atoms with E-state index < -0.39 is 11.4 Å². The number of nitrogens with one attached hydrogen (secondary N) is 1. The molecule has 2 saturated carbocycles. The van der Waals surface area contributed by atoms with Crippen LogP contribution < -0.4 is 5.32 Å². The predicted molar refractivity (Wildman–Crippen MR) is 121 cm³/mol. The number of hydrogen-bond acceptors (Lipinski definition) is 3. The Morgan fingerprint density at radius 1 is 1.16 bits per heavy atom. The molecule has 4 atom stereocenters. The van der Waals surface area contributed by atoms with Crippen molar-refractivity contribution < 1.29 is 19.1 Å². The minimum absolute atomic E-state index is 0.0824. The molecule has 6 heteroatoms. The van der Waals surface area contributed by atoms with Crippen LogP contribution in [0.2, 0.25) is 0 Å². The average Bonchev–Trinajstić information content (AvgIpc) is 3.32. The number of carbonyl (C=O) groups excluding carboxylic acids is 2. The second-order valence-corrected chi connectivity index (χ2v) is 11.3. The summed E-state index contributed by atoms with van der Waals surface area (Å²) in [5, 5.41) is 14.1. The molecular weight excluding hydrogens is 407 g/mol. The number of amides is 2. The summed E-state index contributed by atoms with van der Waals surface area (Å²) >= 11 is 0. The molecule has 3 fully saturated rings. The summed E-state index contributed by atoms with van der Waals surface area (Å²) < 4.78 is 13.7. The zero-order valence-corrected chi connectivity index (χ0v) is 19.6. The summed E-state index contributed by atoms with van der Waals surface area (Å²) in [4.78, 5) is 27.9. The van der Waals surface area contributed by atoms with E-state index in [9.17, 15) is 19.1 Å². The Morgan fingerprint density at radius 3 is 2.56 bits per heavy atom. The van der Waals surface area contributed by atoms with Gasteiger partial charge in [-0.15, -0.1) is 0 Å². The average molecular weight is 445 g/mol. The molecule has 1 aromatic rings. The molecule has 0 spiro atoms. The molecule has 0 aromatic heterocycles. The van der Waals surface area contributed by atoms with Crippen molar-refractivity contribution in [3.63, 3.8) is 0 Å². The molecule has 2 aliphatic carbocycles. The van der Waals surface area contributed by atoms with Gasteiger partial charge in [0.2, 0.25) is 5.91 Å². The van der Waals surface area contributed by atoms with Crippen LogP contribution in [0.25, 0.3) is 0 Å². The fourth-order valence-corrected chi connectivity index (χ4v) is 6.77. The fourth-order valence-electron chi connectivity index (χ4n) is 6.77. The Bertz CT molecular complexity index is 878. The Morgan fingerprint density at radius 2 is 1.88 bits per heavy atom. The van der Waals surface area contributed by atoms with Crippen molar-refractivity contribution in [2.45, 2.75) is 83.8 Å². The highest BCUT2D eigenvalue weighted by atomic mass is 19.1. The first kappa shape index (κ1) is 23.2. The molecule has 2 amide bonds. The summed E-state index contributed by atoms with van der Waals surface area (Å²) in [5.74, 6) is -0.300. The number of rotatable bonds is 5. The fraction of sp³-hybridized carbons (Fsp3) is 0.692. The van der Waals surface area contributed by atoms with Crippen molar-refractivity contribution in [2.75, 3.05) is 13.1 Å². The van der Waals surface area contributed by atoms with E-state index in [0.29, 0.717) is 31.2 Å². The van der Waals surface area contributed by atoms with Crippen LogP contribution in [0.3, 0.4) is 0 Å². The monoisotopic (exact) mass is 444 g/mol. The lowest BCUT2D eigenvalue weighted by atomic mass is 9.57. The molecule has 0 radical (unpaired) electrons. The minimum atomic E-state index is -0.730. The smallest absolute Gasteiger partial charge is 0.251 e. The third kappa shape index (κ3) is 4.43. The van der Waals surface area contributed by atoms with Gasteiger partial charge in [0.25, 0.3) is 5.91 Å². The Balaban J connectivity index is 1.59. The molecule has 2 N–H and O–H groups in total. The van der Waals surface area contributed by atoms with Gasteiger partial charge in [-0.05, 0) is 86.8 Å². The van der Waals surface area contributed by atoms with Gasteiger partial charge in [0, 0.05) is 31.1 Å². The second kappa shape index (κ2) is 8.44. The first-order valence-electron chi connectivity index (χ1n) is 12.1.